The number of hydrogen-bond acceptors (Lipinski definition) is 5. The van der Waals surface area contributed by atoms with Gasteiger partial charge in [-0.1, -0.05) is 6.92 Å². The first-order chi connectivity index (χ1) is 9.98. The normalized spacial score (nSPS) is 13.2. The van der Waals surface area contributed by atoms with Crippen molar-refractivity contribution in [3.05, 3.63) is 33.9 Å². The zero-order chi connectivity index (χ0) is 15.9. The summed E-state index contributed by atoms with van der Waals surface area (Å²) in [6, 6.07) is 6.84. The van der Waals surface area contributed by atoms with Crippen molar-refractivity contribution in [2.45, 2.75) is 38.6 Å². The van der Waals surface area contributed by atoms with Gasteiger partial charge >= 0.3 is 0 Å². The molecule has 0 spiro atoms. The minimum absolute atomic E-state index is 0.0597. The number of hydrogen-bond donors (Lipinski definition) is 1. The smallest absolute Gasteiger partial charge is 0.269 e. The molecule has 1 rings (SSSR count). The first kappa shape index (κ1) is 16.9. The fourth-order valence-corrected chi connectivity index (χ4v) is 2.13. The highest BCUT2D eigenvalue weighted by molar-refractivity contribution is 5.42. The zero-order valence-corrected chi connectivity index (χ0v) is 12.7. The van der Waals surface area contributed by atoms with Gasteiger partial charge in [0.25, 0.3) is 5.69 Å². The summed E-state index contributed by atoms with van der Waals surface area (Å²) >= 11 is 0. The molecule has 21 heavy (non-hydrogen) atoms. The van der Waals surface area contributed by atoms with Crippen LogP contribution in [-0.2, 0) is 0 Å². The van der Waals surface area contributed by atoms with Crippen LogP contribution in [0.5, 0.6) is 5.75 Å². The van der Waals surface area contributed by atoms with Gasteiger partial charge in [0.05, 0.1) is 17.6 Å². The molecule has 0 heterocycles. The molecule has 1 aromatic rings. The largest absolute Gasteiger partial charge is 0.493 e. The first-order valence-corrected chi connectivity index (χ1v) is 6.96. The van der Waals surface area contributed by atoms with Gasteiger partial charge in [-0.05, 0) is 44.9 Å². The summed E-state index contributed by atoms with van der Waals surface area (Å²) < 4.78 is 5.64. The lowest BCUT2D eigenvalue weighted by atomic mass is 9.92. The monoisotopic (exact) mass is 291 g/mol. The Labute approximate surface area is 124 Å². The number of nitro benzene ring substituents is 1. The van der Waals surface area contributed by atoms with Crippen molar-refractivity contribution >= 4 is 5.69 Å². The number of aryl methyl sites for hydroxylation is 1. The topological polar surface area (TPSA) is 88.2 Å². The number of nitrogens with one attached hydrogen (secondary N) is 1. The third-order valence-corrected chi connectivity index (χ3v) is 3.67. The standard InChI is InChI=1S/C15H21N3O3/c1-4-15(11-16,17-3)8-5-9-21-14-7-6-13(18(19)20)10-12(14)2/h6-7,10,17H,4-5,8-9H2,1-3H3. The minimum atomic E-state index is -0.506. The molecule has 0 bridgehead atoms. The molecule has 1 aromatic carbocycles. The second kappa shape index (κ2) is 7.60. The molecule has 1 N–H and O–H groups in total. The van der Waals surface area contributed by atoms with Gasteiger partial charge in [0.2, 0.25) is 0 Å². The molecule has 1 unspecified atom stereocenters. The highest BCUT2D eigenvalue weighted by Crippen LogP contribution is 2.24. The molecule has 6 heteroatoms. The molecule has 0 aliphatic carbocycles. The van der Waals surface area contributed by atoms with Crippen molar-refractivity contribution in [3.8, 4) is 11.8 Å². The summed E-state index contributed by atoms with van der Waals surface area (Å²) in [7, 11) is 1.79. The lowest BCUT2D eigenvalue weighted by Gasteiger charge is -2.24. The lowest BCUT2D eigenvalue weighted by molar-refractivity contribution is -0.384. The maximum absolute atomic E-state index is 10.7. The third-order valence-electron chi connectivity index (χ3n) is 3.67. The molecular formula is C15H21N3O3. The Kier molecular flexibility index (Phi) is 6.12. The first-order valence-electron chi connectivity index (χ1n) is 6.96. The van der Waals surface area contributed by atoms with Crippen molar-refractivity contribution in [3.63, 3.8) is 0 Å². The van der Waals surface area contributed by atoms with Gasteiger partial charge in [-0.25, -0.2) is 0 Å². The van der Waals surface area contributed by atoms with E-state index in [1.54, 1.807) is 20.0 Å². The van der Waals surface area contributed by atoms with E-state index in [0.717, 1.165) is 18.4 Å². The van der Waals surface area contributed by atoms with E-state index in [-0.39, 0.29) is 5.69 Å². The van der Waals surface area contributed by atoms with E-state index < -0.39 is 10.5 Å². The van der Waals surface area contributed by atoms with E-state index in [1.807, 2.05) is 6.92 Å². The van der Waals surface area contributed by atoms with E-state index in [1.165, 1.54) is 12.1 Å². The van der Waals surface area contributed by atoms with Crippen LogP contribution >= 0.6 is 0 Å². The third kappa shape index (κ3) is 4.43. The molecule has 1 atom stereocenters. The fourth-order valence-electron chi connectivity index (χ4n) is 2.13. The number of ether oxygens (including phenoxy) is 1. The van der Waals surface area contributed by atoms with E-state index in [4.69, 9.17) is 4.74 Å². The van der Waals surface area contributed by atoms with Crippen LogP contribution in [0.1, 0.15) is 31.7 Å². The lowest BCUT2D eigenvalue weighted by Crippen LogP contribution is -2.41. The molecule has 6 nitrogen and oxygen atoms in total. The van der Waals surface area contributed by atoms with Gasteiger partial charge < -0.3 is 10.1 Å². The summed E-state index contributed by atoms with van der Waals surface area (Å²) in [4.78, 5) is 10.2. The predicted octanol–water partition coefficient (Wildman–Crippen LogP) is 2.95. The van der Waals surface area contributed by atoms with Gasteiger partial charge in [0.15, 0.2) is 0 Å². The Bertz CT molecular complexity index is 533. The molecule has 0 saturated heterocycles. The molecule has 0 amide bonds. The van der Waals surface area contributed by atoms with Gasteiger partial charge in [0, 0.05) is 12.1 Å². The van der Waals surface area contributed by atoms with Gasteiger partial charge in [-0.15, -0.1) is 0 Å². The van der Waals surface area contributed by atoms with Crippen LogP contribution in [0.15, 0.2) is 18.2 Å². The summed E-state index contributed by atoms with van der Waals surface area (Å²) in [5, 5.41) is 22.9. The highest BCUT2D eigenvalue weighted by Gasteiger charge is 2.24. The SMILES string of the molecule is CCC(C#N)(CCCOc1ccc([N+](=O)[O-])cc1C)NC. The molecule has 0 radical (unpaired) electrons. The van der Waals surface area contributed by atoms with Crippen LogP contribution in [-0.4, -0.2) is 24.1 Å². The predicted molar refractivity (Wildman–Crippen MR) is 80.3 cm³/mol. The van der Waals surface area contributed by atoms with Crippen molar-refractivity contribution < 1.29 is 9.66 Å². The molecule has 0 aliphatic rings. The minimum Gasteiger partial charge on any atom is -0.493 e. The summed E-state index contributed by atoms with van der Waals surface area (Å²) in [6.45, 7) is 4.23. The van der Waals surface area contributed by atoms with Crippen LogP contribution in [0.25, 0.3) is 0 Å². The fraction of sp³-hybridized carbons (Fsp3) is 0.533. The van der Waals surface area contributed by atoms with E-state index in [9.17, 15) is 15.4 Å². The molecule has 114 valence electrons. The Balaban J connectivity index is 2.54. The van der Waals surface area contributed by atoms with Crippen molar-refractivity contribution in [2.75, 3.05) is 13.7 Å². The molecule has 0 saturated carbocycles. The Morgan fingerprint density at radius 3 is 2.71 bits per heavy atom. The number of nitrogens with zero attached hydrogens (tertiary/aromatic N) is 2. The summed E-state index contributed by atoms with van der Waals surface area (Å²) in [5.74, 6) is 0.643. The number of non-ortho nitro benzene ring substituents is 1. The highest BCUT2D eigenvalue weighted by atomic mass is 16.6. The Morgan fingerprint density at radius 2 is 2.24 bits per heavy atom. The van der Waals surface area contributed by atoms with Crippen molar-refractivity contribution in [2.24, 2.45) is 0 Å². The number of rotatable bonds is 8. The quantitative estimate of drug-likeness (QED) is 0.452. The van der Waals surface area contributed by atoms with Crippen LogP contribution in [0.4, 0.5) is 5.69 Å². The van der Waals surface area contributed by atoms with Crippen LogP contribution in [0, 0.1) is 28.4 Å². The molecule has 0 aromatic heterocycles. The summed E-state index contributed by atoms with van der Waals surface area (Å²) in [6.07, 6.45) is 2.16. The van der Waals surface area contributed by atoms with Crippen molar-refractivity contribution in [1.82, 2.24) is 5.32 Å². The number of nitriles is 1. The van der Waals surface area contributed by atoms with Gasteiger partial charge in [-0.2, -0.15) is 5.26 Å². The molecule has 0 aliphatic heterocycles. The van der Waals surface area contributed by atoms with Crippen LogP contribution < -0.4 is 10.1 Å². The second-order valence-electron chi connectivity index (χ2n) is 4.96. The zero-order valence-electron chi connectivity index (χ0n) is 12.7. The summed E-state index contributed by atoms with van der Waals surface area (Å²) in [5.41, 5.74) is 0.290. The number of nitro groups is 1. The Hall–Kier alpha value is -2.13. The van der Waals surface area contributed by atoms with Gasteiger partial charge in [0.1, 0.15) is 11.3 Å². The maximum Gasteiger partial charge on any atom is 0.269 e. The van der Waals surface area contributed by atoms with E-state index in [2.05, 4.69) is 11.4 Å². The molecule has 0 fully saturated rings. The van der Waals surface area contributed by atoms with Crippen LogP contribution in [0.2, 0.25) is 0 Å². The maximum atomic E-state index is 10.7. The average Bonchev–Trinajstić information content (AvgIpc) is 2.49. The van der Waals surface area contributed by atoms with E-state index >= 15 is 0 Å². The van der Waals surface area contributed by atoms with Crippen molar-refractivity contribution in [1.29, 1.82) is 5.26 Å². The second-order valence-corrected chi connectivity index (χ2v) is 4.96. The molecular weight excluding hydrogens is 270 g/mol. The Morgan fingerprint density at radius 1 is 1.52 bits per heavy atom. The van der Waals surface area contributed by atoms with Gasteiger partial charge in [-0.3, -0.25) is 10.1 Å². The van der Waals surface area contributed by atoms with E-state index in [0.29, 0.717) is 18.8 Å². The number of benzene rings is 1. The van der Waals surface area contributed by atoms with Crippen LogP contribution in [0.3, 0.4) is 0 Å². The average molecular weight is 291 g/mol.